The lowest BCUT2D eigenvalue weighted by Crippen LogP contribution is -2.18. The summed E-state index contributed by atoms with van der Waals surface area (Å²) in [5.41, 5.74) is 21.4. The molecule has 0 radical (unpaired) electrons. The van der Waals surface area contributed by atoms with E-state index in [1.54, 1.807) is 0 Å². The number of fused-ring (bicyclic) bond motifs is 5. The molecule has 4 aliphatic heterocycles. The summed E-state index contributed by atoms with van der Waals surface area (Å²) in [6.07, 6.45) is 2.63. The van der Waals surface area contributed by atoms with Crippen LogP contribution in [0, 0.1) is 0 Å². The first-order chi connectivity index (χ1) is 49.1. The first-order valence-corrected chi connectivity index (χ1v) is 38.8. The van der Waals surface area contributed by atoms with Gasteiger partial charge in [-0.25, -0.2) is 0 Å². The van der Waals surface area contributed by atoms with E-state index in [1.165, 1.54) is 0 Å². The van der Waals surface area contributed by atoms with Crippen LogP contribution in [0.3, 0.4) is 0 Å². The molecule has 8 nitrogen and oxygen atoms in total. The zero-order valence-electron chi connectivity index (χ0n) is 68.5. The second-order valence-electron chi connectivity index (χ2n) is 39.5. The number of benzene rings is 9. The molecule has 8 heteroatoms. The van der Waals surface area contributed by atoms with Gasteiger partial charge in [-0.2, -0.15) is 0 Å². The first kappa shape index (κ1) is 77.0. The Morgan fingerprint density at radius 3 is 0.491 bits per heavy atom. The molecule has 0 amide bonds. The molecule has 560 valence electrons. The van der Waals surface area contributed by atoms with Crippen molar-refractivity contribution < 1.29 is 39.4 Å². The number of phenols is 4. The molecule has 9 aromatic carbocycles. The fraction of sp³-hybridized carbons (Fsp3) is 0.449. The van der Waals surface area contributed by atoms with Crippen LogP contribution in [0.1, 0.15) is 311 Å². The smallest absolute Gasteiger partial charge is 0.126 e. The van der Waals surface area contributed by atoms with Crippen molar-refractivity contribution >= 4 is 0 Å². The van der Waals surface area contributed by atoms with E-state index < -0.39 is 0 Å². The zero-order chi connectivity index (χ0) is 77.1. The summed E-state index contributed by atoms with van der Waals surface area (Å²) in [7, 11) is 0. The Balaban J connectivity index is 1.29. The van der Waals surface area contributed by atoms with Crippen molar-refractivity contribution in [2.24, 2.45) is 0 Å². The highest BCUT2D eigenvalue weighted by Gasteiger charge is 2.33. The van der Waals surface area contributed by atoms with Crippen molar-refractivity contribution in [1.82, 2.24) is 0 Å². The molecule has 0 unspecified atom stereocenters. The largest absolute Gasteiger partial charge is 0.507 e. The van der Waals surface area contributed by atoms with Crippen LogP contribution in [0.25, 0.3) is 0 Å². The number of rotatable bonds is 0. The Kier molecular flexibility index (Phi) is 20.2. The van der Waals surface area contributed by atoms with Crippen molar-refractivity contribution in [1.29, 1.82) is 0 Å². The van der Waals surface area contributed by atoms with Gasteiger partial charge < -0.3 is 39.4 Å². The van der Waals surface area contributed by atoms with Gasteiger partial charge in [0.1, 0.15) is 72.4 Å². The van der Waals surface area contributed by atoms with Crippen LogP contribution in [0.4, 0.5) is 0 Å². The molecule has 0 atom stereocenters. The predicted molar refractivity (Wildman–Crippen MR) is 436 cm³/mol. The molecule has 0 saturated carbocycles. The van der Waals surface area contributed by atoms with Gasteiger partial charge in [-0.05, 0) is 188 Å². The zero-order valence-corrected chi connectivity index (χ0v) is 68.5. The molecule has 9 aromatic rings. The topological polar surface area (TPSA) is 118 Å². The third-order valence-corrected chi connectivity index (χ3v) is 22.5. The Bertz CT molecular complexity index is 4340. The fourth-order valence-electron chi connectivity index (χ4n) is 15.5. The summed E-state index contributed by atoms with van der Waals surface area (Å²) in [5.74, 6) is 3.56. The van der Waals surface area contributed by atoms with Crippen LogP contribution < -0.4 is 18.9 Å². The summed E-state index contributed by atoms with van der Waals surface area (Å²) in [6.45, 7) is 54.5. The Hall–Kier alpha value is -8.62. The summed E-state index contributed by atoms with van der Waals surface area (Å²) in [4.78, 5) is 0. The van der Waals surface area contributed by atoms with Gasteiger partial charge in [-0.15, -0.1) is 0 Å². The number of hydrogen-bond donors (Lipinski definition) is 4. The molecule has 4 N–H and O–H groups in total. The van der Waals surface area contributed by atoms with E-state index in [4.69, 9.17) is 18.9 Å². The lowest BCUT2D eigenvalue weighted by atomic mass is 9.79. The maximum Gasteiger partial charge on any atom is 0.126 e. The predicted octanol–water partition coefficient (Wildman–Crippen LogP) is 23.2. The number of hydrogen-bond acceptors (Lipinski definition) is 8. The second kappa shape index (κ2) is 27.9. The highest BCUT2D eigenvalue weighted by atomic mass is 16.5. The number of ether oxygens (including phenoxy) is 4. The third kappa shape index (κ3) is 16.4. The molecule has 0 saturated heterocycles. The van der Waals surface area contributed by atoms with Gasteiger partial charge in [0.05, 0.1) is 0 Å². The van der Waals surface area contributed by atoms with Gasteiger partial charge in [-0.1, -0.05) is 287 Å². The van der Waals surface area contributed by atoms with E-state index in [0.717, 1.165) is 145 Å². The van der Waals surface area contributed by atoms with Crippen LogP contribution in [-0.2, 0) is 108 Å². The van der Waals surface area contributed by atoms with Crippen LogP contribution >= 0.6 is 0 Å². The molecule has 0 fully saturated rings. The van der Waals surface area contributed by atoms with Crippen molar-refractivity contribution in [3.8, 4) is 46.0 Å². The average molecular weight is 1430 g/mol. The highest BCUT2D eigenvalue weighted by Crippen LogP contribution is 2.48. The number of phenolic OH excluding ortho intramolecular Hbond substituents is 4. The molecule has 0 spiro atoms. The van der Waals surface area contributed by atoms with E-state index >= 15 is 0 Å². The van der Waals surface area contributed by atoms with Gasteiger partial charge in [0.25, 0.3) is 0 Å². The van der Waals surface area contributed by atoms with E-state index in [9.17, 15) is 20.4 Å². The third-order valence-electron chi connectivity index (χ3n) is 22.5. The lowest BCUT2D eigenvalue weighted by Gasteiger charge is -2.27. The normalized spacial score (nSPS) is 15.0. The monoisotopic (exact) mass is 1420 g/mol. The Morgan fingerprint density at radius 1 is 0.198 bits per heavy atom. The highest BCUT2D eigenvalue weighted by molar-refractivity contribution is 5.63. The van der Waals surface area contributed by atoms with Crippen LogP contribution in [-0.4, -0.2) is 33.6 Å². The molecule has 20 bridgehead atoms. The van der Waals surface area contributed by atoms with Gasteiger partial charge in [0, 0.05) is 51.4 Å². The molecular formula is C98H120O8. The van der Waals surface area contributed by atoms with Gasteiger partial charge >= 0.3 is 0 Å². The average Bonchev–Trinajstić information content (AvgIpc) is 0.877. The SMILES string of the molecule is CC(C)(C)c1cc2c(O)c(c1)Cc1cc(C(C)(C)C)cc3c1OCc1ccccc1COc1c4cc(C(C)(C)C)cc1Cc1cc(C(C)(C)C)cc(c1O)Cc1cc(C(C)(C)C)cc(c1OCCOc1c(cc(C(C)(C)C)cc1Cc1cc(C(C)(C)C)cc(c1O)C4)C2)Cc1cc(C(C)(C)C)cc(c1O)C3. The second-order valence-corrected chi connectivity index (χ2v) is 39.5. The molecule has 4 aliphatic rings. The minimum Gasteiger partial charge on any atom is -0.507 e. The van der Waals surface area contributed by atoms with E-state index in [0.29, 0.717) is 74.4 Å². The Morgan fingerprint density at radius 2 is 0.340 bits per heavy atom. The first-order valence-electron chi connectivity index (χ1n) is 38.8. The summed E-state index contributed by atoms with van der Waals surface area (Å²) in [5, 5.41) is 54.1. The maximum atomic E-state index is 13.5. The van der Waals surface area contributed by atoms with Crippen LogP contribution in [0.5, 0.6) is 46.0 Å². The van der Waals surface area contributed by atoms with Crippen molar-refractivity contribution in [3.05, 3.63) is 266 Å². The van der Waals surface area contributed by atoms with Crippen molar-refractivity contribution in [2.45, 2.75) is 274 Å². The Labute approximate surface area is 635 Å². The van der Waals surface area contributed by atoms with Gasteiger partial charge in [-0.3, -0.25) is 0 Å². The summed E-state index contributed by atoms with van der Waals surface area (Å²) in [6, 6.07) is 44.3. The van der Waals surface area contributed by atoms with Crippen LogP contribution in [0.2, 0.25) is 0 Å². The minimum atomic E-state index is -0.338. The molecule has 106 heavy (non-hydrogen) atoms. The summed E-state index contributed by atoms with van der Waals surface area (Å²) < 4.78 is 30.3. The van der Waals surface area contributed by atoms with Crippen LogP contribution in [0.15, 0.2) is 121 Å². The lowest BCUT2D eigenvalue weighted by molar-refractivity contribution is 0.212. The molecule has 0 aromatic heterocycles. The standard InChI is InChI=1S/C98H120O8/c1-91(2,3)75-39-59-31-67-47-79(95(13,14)15)48-68-32-60-40-76(92(4,5)6)45-65(84(60)100)37-73-53-82(98(22,23)24)54-74-38-66-46-78(94(10,11)12)42-62(86(66)102)34-70-50-80(96(16,17)18)49-69(88(70)104-30-29-103-87(67)68)33-61-41-77(93(7,8)9)44-64(85(61)101)36-72-52-81(97(19,20)21)51-71(35-63(43-75)83(59)99)89(72)105-55-57-27-25-26-28-58(57)56-106-90(73)74/h25-28,39-54,99-102H,29-38,55-56H2,1-24H3. The maximum absolute atomic E-state index is 13.5. The summed E-state index contributed by atoms with van der Waals surface area (Å²) >= 11 is 0. The molecule has 4 heterocycles. The van der Waals surface area contributed by atoms with Gasteiger partial charge in [0.2, 0.25) is 0 Å². The van der Waals surface area contributed by atoms with E-state index in [2.05, 4.69) is 287 Å². The van der Waals surface area contributed by atoms with E-state index in [1.807, 2.05) is 0 Å². The van der Waals surface area contributed by atoms with Gasteiger partial charge in [0.15, 0.2) is 0 Å². The van der Waals surface area contributed by atoms with Crippen molar-refractivity contribution in [2.75, 3.05) is 13.2 Å². The minimum absolute atomic E-state index is 0.129. The quantitative estimate of drug-likeness (QED) is 0.119. The number of aromatic hydroxyl groups is 4. The molecule has 13 rings (SSSR count). The molecular weight excluding hydrogens is 1310 g/mol. The van der Waals surface area contributed by atoms with Crippen molar-refractivity contribution in [3.63, 3.8) is 0 Å². The fourth-order valence-corrected chi connectivity index (χ4v) is 15.5. The molecule has 0 aliphatic carbocycles. The van der Waals surface area contributed by atoms with E-state index in [-0.39, 0.29) is 92.7 Å².